The molecule has 0 unspecified atom stereocenters. The van der Waals surface area contributed by atoms with Crippen LogP contribution in [-0.4, -0.2) is 0 Å². The maximum absolute atomic E-state index is 15.1. The van der Waals surface area contributed by atoms with Crippen LogP contribution in [0.15, 0.2) is 188 Å². The van der Waals surface area contributed by atoms with Crippen molar-refractivity contribution in [2.75, 3.05) is 0 Å². The molecule has 0 saturated heterocycles. The van der Waals surface area contributed by atoms with E-state index in [9.17, 15) is 0 Å². The van der Waals surface area contributed by atoms with Crippen LogP contribution in [0.5, 0.6) is 0 Å². The molecule has 0 heterocycles. The van der Waals surface area contributed by atoms with E-state index >= 15 is 4.57 Å². The Morgan fingerprint density at radius 1 is 0.447 bits per heavy atom. The lowest BCUT2D eigenvalue weighted by Crippen LogP contribution is -2.25. The molecule has 0 bridgehead atoms. The Morgan fingerprint density at radius 3 is 1.49 bits per heavy atom. The molecule has 1 aliphatic carbocycles. The zero-order valence-electron chi connectivity index (χ0n) is 26.0. The SMILES string of the molecule is O=P(c1ccccc1)(c1ccccc1)c1cccc(C2=CC=CC(c3c4ccccc4c(-c4ccccc4)c4ccccc34)=CC2)c1. The first-order valence-electron chi connectivity index (χ1n) is 16.1. The minimum absolute atomic E-state index is 0.760. The molecule has 0 atom stereocenters. The number of hydrogen-bond donors (Lipinski definition) is 0. The summed E-state index contributed by atoms with van der Waals surface area (Å²) in [7, 11) is -3.07. The Bertz CT molecular complexity index is 2280. The van der Waals surface area contributed by atoms with E-state index in [4.69, 9.17) is 0 Å². The Morgan fingerprint density at radius 2 is 0.915 bits per heavy atom. The molecule has 0 saturated carbocycles. The monoisotopic (exact) mass is 620 g/mol. The minimum atomic E-state index is -3.07. The van der Waals surface area contributed by atoms with Gasteiger partial charge in [0.15, 0.2) is 7.14 Å². The van der Waals surface area contributed by atoms with Gasteiger partial charge in [0.2, 0.25) is 0 Å². The molecule has 0 amide bonds. The number of hydrogen-bond acceptors (Lipinski definition) is 1. The predicted molar refractivity (Wildman–Crippen MR) is 202 cm³/mol. The van der Waals surface area contributed by atoms with Crippen LogP contribution in [-0.2, 0) is 4.57 Å². The lowest BCUT2D eigenvalue weighted by molar-refractivity contribution is 0.592. The van der Waals surface area contributed by atoms with Crippen molar-refractivity contribution in [3.63, 3.8) is 0 Å². The first-order valence-corrected chi connectivity index (χ1v) is 17.8. The number of fused-ring (bicyclic) bond motifs is 2. The summed E-state index contributed by atoms with van der Waals surface area (Å²) in [6.45, 7) is 0. The molecule has 0 N–H and O–H groups in total. The molecule has 7 aromatic rings. The van der Waals surface area contributed by atoms with Crippen molar-refractivity contribution in [3.05, 3.63) is 199 Å². The molecule has 2 heteroatoms. The number of benzene rings is 7. The van der Waals surface area contributed by atoms with E-state index in [0.29, 0.717) is 0 Å². The van der Waals surface area contributed by atoms with Gasteiger partial charge in [0.25, 0.3) is 0 Å². The molecule has 7 aromatic carbocycles. The van der Waals surface area contributed by atoms with Gasteiger partial charge >= 0.3 is 0 Å². The summed E-state index contributed by atoms with van der Waals surface area (Å²) in [6.07, 6.45) is 9.74. The van der Waals surface area contributed by atoms with Crippen LogP contribution in [0.25, 0.3) is 43.8 Å². The fourth-order valence-corrected chi connectivity index (χ4v) is 9.70. The summed E-state index contributed by atoms with van der Waals surface area (Å²) in [5.41, 5.74) is 7.25. The van der Waals surface area contributed by atoms with Crippen LogP contribution in [0.4, 0.5) is 0 Å². The van der Waals surface area contributed by atoms with Crippen LogP contribution >= 0.6 is 7.14 Å². The number of allylic oxidation sites excluding steroid dienone is 6. The quantitative estimate of drug-likeness (QED) is 0.134. The average Bonchev–Trinajstić information content (AvgIpc) is 3.41. The van der Waals surface area contributed by atoms with Gasteiger partial charge in [-0.15, -0.1) is 0 Å². The molecule has 0 spiro atoms. The standard InChI is InChI=1S/C45H33OP/c46-47(37-21-6-2-7-22-37,38-23-8-3-9-24-38)39-25-15-20-36(32-39)33-18-14-19-35(31-30-33)45-42-28-12-10-26-40(42)44(34-16-4-1-5-17-34)41-27-11-13-29-43(41)45/h1-29,31-32H,30H2. The van der Waals surface area contributed by atoms with E-state index in [-0.39, 0.29) is 0 Å². The molecule has 0 aromatic heterocycles. The van der Waals surface area contributed by atoms with Crippen LogP contribution in [0, 0.1) is 0 Å². The van der Waals surface area contributed by atoms with E-state index in [0.717, 1.165) is 27.9 Å². The van der Waals surface area contributed by atoms with Gasteiger partial charge in [0.05, 0.1) is 0 Å². The van der Waals surface area contributed by atoms with Crippen molar-refractivity contribution in [1.82, 2.24) is 0 Å². The lowest BCUT2D eigenvalue weighted by Gasteiger charge is -2.21. The third-order valence-electron chi connectivity index (χ3n) is 9.22. The molecule has 1 nitrogen and oxygen atoms in total. The zero-order chi connectivity index (χ0) is 31.6. The van der Waals surface area contributed by atoms with Crippen molar-refractivity contribution in [2.24, 2.45) is 0 Å². The number of rotatable bonds is 6. The van der Waals surface area contributed by atoms with Crippen molar-refractivity contribution in [2.45, 2.75) is 6.42 Å². The summed E-state index contributed by atoms with van der Waals surface area (Å²) >= 11 is 0. The minimum Gasteiger partial charge on any atom is -0.309 e. The highest BCUT2D eigenvalue weighted by atomic mass is 31.2. The van der Waals surface area contributed by atoms with Gasteiger partial charge in [-0.2, -0.15) is 0 Å². The molecule has 224 valence electrons. The van der Waals surface area contributed by atoms with Gasteiger partial charge in [0, 0.05) is 15.9 Å². The predicted octanol–water partition coefficient (Wildman–Crippen LogP) is 10.7. The normalized spacial score (nSPS) is 13.3. The molecule has 47 heavy (non-hydrogen) atoms. The van der Waals surface area contributed by atoms with E-state index in [1.807, 2.05) is 72.8 Å². The maximum Gasteiger partial charge on any atom is 0.171 e. The highest BCUT2D eigenvalue weighted by Crippen LogP contribution is 2.44. The van der Waals surface area contributed by atoms with E-state index in [2.05, 4.69) is 115 Å². The van der Waals surface area contributed by atoms with Gasteiger partial charge in [-0.1, -0.05) is 182 Å². The van der Waals surface area contributed by atoms with Crippen LogP contribution in [0.3, 0.4) is 0 Å². The third-order valence-corrected chi connectivity index (χ3v) is 12.3. The molecule has 1 aliphatic rings. The smallest absolute Gasteiger partial charge is 0.171 e. The topological polar surface area (TPSA) is 17.1 Å². The second-order valence-electron chi connectivity index (χ2n) is 12.0. The molecule has 0 radical (unpaired) electrons. The first-order chi connectivity index (χ1) is 23.2. The fraction of sp³-hybridized carbons (Fsp3) is 0.0222. The highest BCUT2D eigenvalue weighted by molar-refractivity contribution is 7.85. The third kappa shape index (κ3) is 5.20. The molecular weight excluding hydrogens is 587 g/mol. The zero-order valence-corrected chi connectivity index (χ0v) is 26.9. The maximum atomic E-state index is 15.1. The van der Waals surface area contributed by atoms with Crippen molar-refractivity contribution >= 4 is 55.7 Å². The summed E-state index contributed by atoms with van der Waals surface area (Å²) in [6, 6.07) is 56.4. The van der Waals surface area contributed by atoms with Gasteiger partial charge in [-0.05, 0) is 67.4 Å². The van der Waals surface area contributed by atoms with Crippen molar-refractivity contribution < 1.29 is 4.57 Å². The van der Waals surface area contributed by atoms with Gasteiger partial charge in [0.1, 0.15) is 0 Å². The second kappa shape index (κ2) is 12.4. The Kier molecular flexibility index (Phi) is 7.62. The Labute approximate surface area is 276 Å². The molecule has 0 aliphatic heterocycles. The molecule has 0 fully saturated rings. The van der Waals surface area contributed by atoms with Gasteiger partial charge in [-0.25, -0.2) is 0 Å². The van der Waals surface area contributed by atoms with E-state index in [1.54, 1.807) is 0 Å². The first kappa shape index (κ1) is 28.9. The van der Waals surface area contributed by atoms with Crippen LogP contribution < -0.4 is 15.9 Å². The Balaban J connectivity index is 1.23. The summed E-state index contributed by atoms with van der Waals surface area (Å²) in [5, 5.41) is 7.54. The van der Waals surface area contributed by atoms with Gasteiger partial charge in [-0.3, -0.25) is 0 Å². The van der Waals surface area contributed by atoms with Crippen molar-refractivity contribution in [3.8, 4) is 11.1 Å². The fourth-order valence-electron chi connectivity index (χ4n) is 7.00. The second-order valence-corrected chi connectivity index (χ2v) is 14.7. The largest absolute Gasteiger partial charge is 0.309 e. The van der Waals surface area contributed by atoms with Crippen molar-refractivity contribution in [1.29, 1.82) is 0 Å². The van der Waals surface area contributed by atoms with E-state index in [1.165, 1.54) is 49.4 Å². The average molecular weight is 621 g/mol. The van der Waals surface area contributed by atoms with E-state index < -0.39 is 7.14 Å². The summed E-state index contributed by atoms with van der Waals surface area (Å²) in [4.78, 5) is 0. The van der Waals surface area contributed by atoms with Gasteiger partial charge < -0.3 is 4.57 Å². The van der Waals surface area contributed by atoms with Crippen LogP contribution in [0.2, 0.25) is 0 Å². The summed E-state index contributed by atoms with van der Waals surface area (Å²) < 4.78 is 15.1. The lowest BCUT2D eigenvalue weighted by atomic mass is 9.85. The summed E-state index contributed by atoms with van der Waals surface area (Å²) in [5.74, 6) is 0. The highest BCUT2D eigenvalue weighted by Gasteiger charge is 2.30. The van der Waals surface area contributed by atoms with Crippen LogP contribution in [0.1, 0.15) is 17.5 Å². The Hall–Kier alpha value is -5.49. The molecule has 8 rings (SSSR count). The molecular formula is C45H33OP.